The number of rotatable bonds is 5. The first-order valence-electron chi connectivity index (χ1n) is 5.52. The minimum Gasteiger partial charge on any atom is -0.339 e. The third-order valence-electron chi connectivity index (χ3n) is 2.66. The van der Waals surface area contributed by atoms with Crippen LogP contribution in [-0.4, -0.2) is 62.0 Å². The van der Waals surface area contributed by atoms with Gasteiger partial charge in [0.05, 0.1) is 6.54 Å². The summed E-state index contributed by atoms with van der Waals surface area (Å²) in [5.41, 5.74) is 0. The van der Waals surface area contributed by atoms with Gasteiger partial charge in [0.15, 0.2) is 0 Å². The maximum atomic E-state index is 11.7. The minimum absolute atomic E-state index is 0.215. The molecule has 15 heavy (non-hydrogen) atoms. The van der Waals surface area contributed by atoms with Crippen molar-refractivity contribution in [2.75, 3.05) is 46.3 Å². The van der Waals surface area contributed by atoms with Crippen LogP contribution in [0.3, 0.4) is 0 Å². The van der Waals surface area contributed by atoms with Gasteiger partial charge in [0.2, 0.25) is 5.91 Å². The van der Waals surface area contributed by atoms with E-state index in [1.165, 1.54) is 0 Å². The first-order valence-corrected chi connectivity index (χ1v) is 5.52. The average molecular weight is 211 g/mol. The quantitative estimate of drug-likeness (QED) is 0.510. The fraction of sp³-hybridized carbons (Fsp3) is 0.727. The molecule has 0 aromatic carbocycles. The lowest BCUT2D eigenvalue weighted by molar-refractivity contribution is -0.131. The Morgan fingerprint density at radius 2 is 2.07 bits per heavy atom. The van der Waals surface area contributed by atoms with Crippen LogP contribution >= 0.6 is 0 Å². The van der Waals surface area contributed by atoms with Gasteiger partial charge in [-0.05, 0) is 20.0 Å². The van der Waals surface area contributed by atoms with E-state index in [0.29, 0.717) is 6.54 Å². The second-order valence-electron chi connectivity index (χ2n) is 3.94. The van der Waals surface area contributed by atoms with Gasteiger partial charge in [0, 0.05) is 26.2 Å². The van der Waals surface area contributed by atoms with Crippen molar-refractivity contribution in [2.24, 2.45) is 0 Å². The summed E-state index contributed by atoms with van der Waals surface area (Å²) in [5, 5.41) is 3.12. The summed E-state index contributed by atoms with van der Waals surface area (Å²) in [6.45, 7) is 8.62. The zero-order chi connectivity index (χ0) is 11.1. The number of hydrogen-bond acceptors (Lipinski definition) is 3. The molecule has 0 bridgehead atoms. The molecule has 0 saturated carbocycles. The van der Waals surface area contributed by atoms with Crippen LogP contribution in [0.25, 0.3) is 0 Å². The van der Waals surface area contributed by atoms with Gasteiger partial charge in [-0.3, -0.25) is 4.79 Å². The third kappa shape index (κ3) is 4.44. The van der Waals surface area contributed by atoms with Crippen LogP contribution < -0.4 is 5.32 Å². The molecule has 0 atom stereocenters. The summed E-state index contributed by atoms with van der Waals surface area (Å²) in [7, 11) is 2.09. The van der Waals surface area contributed by atoms with E-state index >= 15 is 0 Å². The van der Waals surface area contributed by atoms with Crippen molar-refractivity contribution in [1.29, 1.82) is 0 Å². The number of piperazine rings is 1. The van der Waals surface area contributed by atoms with Gasteiger partial charge in [-0.2, -0.15) is 0 Å². The maximum absolute atomic E-state index is 11.7. The Bertz CT molecular complexity index is 210. The molecule has 1 saturated heterocycles. The highest BCUT2D eigenvalue weighted by atomic mass is 16.2. The first kappa shape index (κ1) is 12.2. The SMILES string of the molecule is C=CCCNCC(=O)N1CCN(C)CC1. The standard InChI is InChI=1S/C11H21N3O/c1-3-4-5-12-10-11(15)14-8-6-13(2)7-9-14/h3,12H,1,4-10H2,2H3. The second kappa shape index (κ2) is 6.58. The number of likely N-dealkylation sites (N-methyl/N-ethyl adjacent to an activating group) is 1. The summed E-state index contributed by atoms with van der Waals surface area (Å²) < 4.78 is 0. The molecule has 1 fully saturated rings. The lowest BCUT2D eigenvalue weighted by Crippen LogP contribution is -2.49. The predicted molar refractivity (Wildman–Crippen MR) is 61.8 cm³/mol. The zero-order valence-electron chi connectivity index (χ0n) is 9.54. The summed E-state index contributed by atoms with van der Waals surface area (Å²) in [6.07, 6.45) is 2.77. The van der Waals surface area contributed by atoms with Crippen LogP contribution in [0.2, 0.25) is 0 Å². The van der Waals surface area contributed by atoms with Crippen LogP contribution in [0, 0.1) is 0 Å². The van der Waals surface area contributed by atoms with Gasteiger partial charge < -0.3 is 15.1 Å². The van der Waals surface area contributed by atoms with Crippen LogP contribution in [0.5, 0.6) is 0 Å². The van der Waals surface area contributed by atoms with E-state index in [2.05, 4.69) is 23.8 Å². The zero-order valence-corrected chi connectivity index (χ0v) is 9.54. The Morgan fingerprint density at radius 3 is 2.67 bits per heavy atom. The van der Waals surface area contributed by atoms with Crippen molar-refractivity contribution < 1.29 is 4.79 Å². The molecule has 1 aliphatic rings. The Labute approximate surface area is 91.9 Å². The van der Waals surface area contributed by atoms with Crippen molar-refractivity contribution in [1.82, 2.24) is 15.1 Å². The van der Waals surface area contributed by atoms with Crippen molar-refractivity contribution in [3.63, 3.8) is 0 Å². The number of nitrogens with one attached hydrogen (secondary N) is 1. The van der Waals surface area contributed by atoms with Crippen LogP contribution in [0.1, 0.15) is 6.42 Å². The van der Waals surface area contributed by atoms with Crippen LogP contribution in [-0.2, 0) is 4.79 Å². The van der Waals surface area contributed by atoms with Gasteiger partial charge in [-0.15, -0.1) is 6.58 Å². The molecule has 1 aliphatic heterocycles. The molecule has 1 amide bonds. The Morgan fingerprint density at radius 1 is 1.40 bits per heavy atom. The molecule has 0 aromatic heterocycles. The molecule has 0 unspecified atom stereocenters. The lowest BCUT2D eigenvalue weighted by Gasteiger charge is -2.32. The highest BCUT2D eigenvalue weighted by molar-refractivity contribution is 5.78. The van der Waals surface area contributed by atoms with E-state index in [1.54, 1.807) is 0 Å². The highest BCUT2D eigenvalue weighted by Crippen LogP contribution is 1.98. The number of nitrogens with zero attached hydrogens (tertiary/aromatic N) is 2. The molecule has 4 nitrogen and oxygen atoms in total. The van der Waals surface area contributed by atoms with Gasteiger partial charge in [0.25, 0.3) is 0 Å². The number of amides is 1. The molecule has 86 valence electrons. The van der Waals surface area contributed by atoms with Gasteiger partial charge in [-0.1, -0.05) is 6.08 Å². The van der Waals surface area contributed by atoms with Gasteiger partial charge in [-0.25, -0.2) is 0 Å². The van der Waals surface area contributed by atoms with Crippen molar-refractivity contribution in [3.8, 4) is 0 Å². The van der Waals surface area contributed by atoms with E-state index < -0.39 is 0 Å². The van der Waals surface area contributed by atoms with Crippen molar-refractivity contribution >= 4 is 5.91 Å². The topological polar surface area (TPSA) is 35.6 Å². The maximum Gasteiger partial charge on any atom is 0.236 e. The Kier molecular flexibility index (Phi) is 5.36. The van der Waals surface area contributed by atoms with E-state index in [9.17, 15) is 4.79 Å². The Hall–Kier alpha value is -0.870. The lowest BCUT2D eigenvalue weighted by atomic mass is 10.3. The van der Waals surface area contributed by atoms with Crippen LogP contribution in [0.4, 0.5) is 0 Å². The number of hydrogen-bond donors (Lipinski definition) is 1. The second-order valence-corrected chi connectivity index (χ2v) is 3.94. The first-order chi connectivity index (χ1) is 7.24. The van der Waals surface area contributed by atoms with E-state index in [-0.39, 0.29) is 5.91 Å². The predicted octanol–water partition coefficient (Wildman–Crippen LogP) is -0.0739. The fourth-order valence-electron chi connectivity index (χ4n) is 1.57. The smallest absolute Gasteiger partial charge is 0.236 e. The minimum atomic E-state index is 0.215. The largest absolute Gasteiger partial charge is 0.339 e. The van der Waals surface area contributed by atoms with E-state index in [4.69, 9.17) is 0 Å². The molecular weight excluding hydrogens is 190 g/mol. The monoisotopic (exact) mass is 211 g/mol. The Balaban J connectivity index is 2.14. The van der Waals surface area contributed by atoms with Crippen molar-refractivity contribution in [3.05, 3.63) is 12.7 Å². The van der Waals surface area contributed by atoms with E-state index in [1.807, 2.05) is 11.0 Å². The highest BCUT2D eigenvalue weighted by Gasteiger charge is 2.17. The normalized spacial score (nSPS) is 17.8. The van der Waals surface area contributed by atoms with Gasteiger partial charge >= 0.3 is 0 Å². The molecule has 0 radical (unpaired) electrons. The third-order valence-corrected chi connectivity index (χ3v) is 2.66. The molecule has 1 rings (SSSR count). The van der Waals surface area contributed by atoms with Gasteiger partial charge in [0.1, 0.15) is 0 Å². The molecular formula is C11H21N3O. The summed E-state index contributed by atoms with van der Waals surface area (Å²) in [4.78, 5) is 15.9. The summed E-state index contributed by atoms with van der Waals surface area (Å²) in [5.74, 6) is 0.215. The van der Waals surface area contributed by atoms with Crippen molar-refractivity contribution in [2.45, 2.75) is 6.42 Å². The molecule has 4 heteroatoms. The van der Waals surface area contributed by atoms with Crippen LogP contribution in [0.15, 0.2) is 12.7 Å². The molecule has 0 aromatic rings. The average Bonchev–Trinajstić information content (AvgIpc) is 2.25. The van der Waals surface area contributed by atoms with E-state index in [0.717, 1.165) is 39.1 Å². The molecule has 0 aliphatic carbocycles. The molecule has 1 N–H and O–H groups in total. The molecule has 0 spiro atoms. The number of carbonyl (C=O) groups is 1. The summed E-state index contributed by atoms with van der Waals surface area (Å²) in [6, 6.07) is 0. The molecule has 1 heterocycles. The fourth-order valence-corrected chi connectivity index (χ4v) is 1.57. The number of carbonyl (C=O) groups excluding carboxylic acids is 1. The summed E-state index contributed by atoms with van der Waals surface area (Å²) >= 11 is 0.